The zero-order chi connectivity index (χ0) is 16.5. The Bertz CT molecular complexity index is 675. The third kappa shape index (κ3) is 5.78. The van der Waals surface area contributed by atoms with E-state index >= 15 is 0 Å². The van der Waals surface area contributed by atoms with Gasteiger partial charge < -0.3 is 15.8 Å². The number of nitrogens with two attached hydrogens (primary N) is 1. The summed E-state index contributed by atoms with van der Waals surface area (Å²) in [4.78, 5) is 15.4. The fourth-order valence-electron chi connectivity index (χ4n) is 1.83. The Labute approximate surface area is 134 Å². The molecule has 1 heterocycles. The summed E-state index contributed by atoms with van der Waals surface area (Å²) >= 11 is 0. The van der Waals surface area contributed by atoms with Crippen LogP contribution in [0, 0.1) is 5.82 Å². The largest absolute Gasteiger partial charge is 0.445 e. The first-order valence-corrected chi connectivity index (χ1v) is 7.17. The highest BCUT2D eigenvalue weighted by Gasteiger charge is 2.01. The maximum absolute atomic E-state index is 12.8. The highest BCUT2D eigenvalue weighted by molar-refractivity contribution is 5.67. The number of ether oxygens (including phenoxy) is 1. The van der Waals surface area contributed by atoms with Gasteiger partial charge in [0.05, 0.1) is 17.6 Å². The van der Waals surface area contributed by atoms with Crippen molar-refractivity contribution < 1.29 is 13.9 Å². The molecule has 2 rings (SSSR count). The Kier molecular flexibility index (Phi) is 6.11. The molecule has 1 aromatic heterocycles. The molecular weight excluding hydrogens is 297 g/mol. The molecule has 3 N–H and O–H groups in total. The van der Waals surface area contributed by atoms with E-state index in [4.69, 9.17) is 10.5 Å². The van der Waals surface area contributed by atoms with Crippen LogP contribution in [0.3, 0.4) is 0 Å². The summed E-state index contributed by atoms with van der Waals surface area (Å²) in [7, 11) is 0. The van der Waals surface area contributed by atoms with Crippen molar-refractivity contribution in [2.24, 2.45) is 0 Å². The van der Waals surface area contributed by atoms with Gasteiger partial charge in [-0.1, -0.05) is 36.4 Å². The van der Waals surface area contributed by atoms with E-state index in [0.717, 1.165) is 11.8 Å². The van der Waals surface area contributed by atoms with Gasteiger partial charge >= 0.3 is 6.09 Å². The minimum atomic E-state index is -0.471. The average Bonchev–Trinajstić information content (AvgIpc) is 2.55. The first kappa shape index (κ1) is 16.5. The van der Waals surface area contributed by atoms with Crippen LogP contribution in [-0.2, 0) is 11.3 Å². The van der Waals surface area contributed by atoms with E-state index in [2.05, 4.69) is 10.3 Å². The van der Waals surface area contributed by atoms with Gasteiger partial charge in [-0.3, -0.25) is 4.98 Å². The van der Waals surface area contributed by atoms with Gasteiger partial charge in [-0.25, -0.2) is 9.18 Å². The van der Waals surface area contributed by atoms with E-state index < -0.39 is 11.9 Å². The van der Waals surface area contributed by atoms with Crippen molar-refractivity contribution in [1.82, 2.24) is 10.3 Å². The molecule has 0 spiro atoms. The van der Waals surface area contributed by atoms with E-state index in [1.165, 1.54) is 6.07 Å². The number of nitrogen functional groups attached to an aromatic ring is 1. The summed E-state index contributed by atoms with van der Waals surface area (Å²) in [6, 6.07) is 10.7. The summed E-state index contributed by atoms with van der Waals surface area (Å²) in [5, 5.41) is 2.64. The van der Waals surface area contributed by atoms with E-state index in [9.17, 15) is 9.18 Å². The minimum absolute atomic E-state index is 0.235. The van der Waals surface area contributed by atoms with Crippen molar-refractivity contribution in [1.29, 1.82) is 0 Å². The first-order valence-electron chi connectivity index (χ1n) is 7.17. The molecule has 23 heavy (non-hydrogen) atoms. The quantitative estimate of drug-likeness (QED) is 0.803. The molecule has 0 aliphatic rings. The second kappa shape index (κ2) is 8.53. The number of halogens is 1. The van der Waals surface area contributed by atoms with Gasteiger partial charge in [-0.2, -0.15) is 0 Å². The van der Waals surface area contributed by atoms with Crippen LogP contribution >= 0.6 is 0 Å². The van der Waals surface area contributed by atoms with Gasteiger partial charge in [0, 0.05) is 12.6 Å². The van der Waals surface area contributed by atoms with Gasteiger partial charge in [0.1, 0.15) is 12.4 Å². The second-order valence-corrected chi connectivity index (χ2v) is 4.81. The lowest BCUT2D eigenvalue weighted by Gasteiger charge is -2.06. The number of pyridine rings is 1. The van der Waals surface area contributed by atoms with Gasteiger partial charge in [-0.15, -0.1) is 0 Å². The summed E-state index contributed by atoms with van der Waals surface area (Å²) in [6.07, 6.45) is 4.70. The Morgan fingerprint density at radius 1 is 1.35 bits per heavy atom. The molecule has 2 aromatic rings. The molecule has 0 unspecified atom stereocenters. The van der Waals surface area contributed by atoms with E-state index in [1.807, 2.05) is 30.3 Å². The second-order valence-electron chi connectivity index (χ2n) is 4.81. The molecule has 0 fully saturated rings. The lowest BCUT2D eigenvalue weighted by Crippen LogP contribution is -2.24. The number of anilines is 1. The molecular formula is C17H18FN3O2. The van der Waals surface area contributed by atoms with Crippen molar-refractivity contribution >= 4 is 17.9 Å². The van der Waals surface area contributed by atoms with Gasteiger partial charge in [-0.05, 0) is 18.1 Å². The number of carbonyl (C=O) groups excluding carboxylic acids is 1. The molecule has 5 nitrogen and oxygen atoms in total. The monoisotopic (exact) mass is 315 g/mol. The van der Waals surface area contributed by atoms with Crippen LogP contribution in [0.5, 0.6) is 0 Å². The topological polar surface area (TPSA) is 77.2 Å². The zero-order valence-electron chi connectivity index (χ0n) is 12.5. The third-order valence-electron chi connectivity index (χ3n) is 2.98. The predicted octanol–water partition coefficient (Wildman–Crippen LogP) is 3.13. The SMILES string of the molecule is Nc1cc(F)cnc1C=CCCNC(=O)OCc1ccccc1. The van der Waals surface area contributed by atoms with Gasteiger partial charge in [0.15, 0.2) is 0 Å². The van der Waals surface area contributed by atoms with Crippen molar-refractivity contribution in [2.45, 2.75) is 13.0 Å². The molecule has 0 saturated carbocycles. The number of aromatic nitrogens is 1. The van der Waals surface area contributed by atoms with Gasteiger partial charge in [0.2, 0.25) is 0 Å². The molecule has 0 radical (unpaired) electrons. The zero-order valence-corrected chi connectivity index (χ0v) is 12.5. The molecule has 120 valence electrons. The molecule has 1 amide bonds. The highest BCUT2D eigenvalue weighted by atomic mass is 19.1. The maximum atomic E-state index is 12.8. The molecule has 0 bridgehead atoms. The normalized spacial score (nSPS) is 10.7. The summed E-state index contributed by atoms with van der Waals surface area (Å²) in [6.45, 7) is 0.657. The maximum Gasteiger partial charge on any atom is 0.407 e. The smallest absolute Gasteiger partial charge is 0.407 e. The Balaban J connectivity index is 1.66. The molecule has 0 aliphatic carbocycles. The third-order valence-corrected chi connectivity index (χ3v) is 2.98. The fourth-order valence-corrected chi connectivity index (χ4v) is 1.83. The number of nitrogens with zero attached hydrogens (tertiary/aromatic N) is 1. The Morgan fingerprint density at radius 3 is 2.87 bits per heavy atom. The average molecular weight is 315 g/mol. The molecule has 0 aliphatic heterocycles. The Hall–Kier alpha value is -2.89. The summed E-state index contributed by atoms with van der Waals surface area (Å²) in [5.41, 5.74) is 7.34. The van der Waals surface area contributed by atoms with Crippen LogP contribution in [0.2, 0.25) is 0 Å². The molecule has 6 heteroatoms. The number of rotatable bonds is 6. The predicted molar refractivity (Wildman–Crippen MR) is 86.9 cm³/mol. The van der Waals surface area contributed by atoms with E-state index in [-0.39, 0.29) is 12.3 Å². The van der Waals surface area contributed by atoms with E-state index in [1.54, 1.807) is 12.2 Å². The standard InChI is InChI=1S/C17H18FN3O2/c18-14-10-15(19)16(21-11-14)8-4-5-9-20-17(22)23-12-13-6-2-1-3-7-13/h1-4,6-8,10-11H,5,9,12,19H2,(H,20,22). The molecule has 1 aromatic carbocycles. The van der Waals surface area contributed by atoms with Crippen LogP contribution in [-0.4, -0.2) is 17.6 Å². The van der Waals surface area contributed by atoms with Crippen molar-refractivity contribution in [2.75, 3.05) is 12.3 Å². The van der Waals surface area contributed by atoms with Gasteiger partial charge in [0.25, 0.3) is 0 Å². The van der Waals surface area contributed by atoms with Crippen LogP contribution < -0.4 is 11.1 Å². The van der Waals surface area contributed by atoms with Crippen LogP contribution in [0.1, 0.15) is 17.7 Å². The number of benzene rings is 1. The van der Waals surface area contributed by atoms with Crippen LogP contribution in [0.15, 0.2) is 48.7 Å². The number of carbonyl (C=O) groups is 1. The number of hydrogen-bond acceptors (Lipinski definition) is 4. The molecule has 0 saturated heterocycles. The molecule has 0 atom stereocenters. The minimum Gasteiger partial charge on any atom is -0.445 e. The lowest BCUT2D eigenvalue weighted by atomic mass is 10.2. The van der Waals surface area contributed by atoms with Crippen molar-refractivity contribution in [3.63, 3.8) is 0 Å². The number of hydrogen-bond donors (Lipinski definition) is 2. The van der Waals surface area contributed by atoms with Crippen molar-refractivity contribution in [3.8, 4) is 0 Å². The Morgan fingerprint density at radius 2 is 2.13 bits per heavy atom. The van der Waals surface area contributed by atoms with E-state index in [0.29, 0.717) is 18.7 Å². The number of nitrogens with one attached hydrogen (secondary N) is 1. The number of alkyl carbamates (subject to hydrolysis) is 1. The van der Waals surface area contributed by atoms with Crippen molar-refractivity contribution in [3.05, 3.63) is 65.7 Å². The fraction of sp³-hybridized carbons (Fsp3) is 0.176. The summed E-state index contributed by atoms with van der Waals surface area (Å²) in [5.74, 6) is -0.470. The first-order chi connectivity index (χ1) is 11.1. The van der Waals surface area contributed by atoms with Crippen LogP contribution in [0.4, 0.5) is 14.9 Å². The lowest BCUT2D eigenvalue weighted by molar-refractivity contribution is 0.140. The highest BCUT2D eigenvalue weighted by Crippen LogP contribution is 2.11. The summed E-state index contributed by atoms with van der Waals surface area (Å²) < 4.78 is 17.9. The van der Waals surface area contributed by atoms with Crippen LogP contribution in [0.25, 0.3) is 6.08 Å². The number of amides is 1.